The summed E-state index contributed by atoms with van der Waals surface area (Å²) < 4.78 is 5.41. The molecule has 1 fully saturated rings. The lowest BCUT2D eigenvalue weighted by molar-refractivity contribution is 0.332. The van der Waals surface area contributed by atoms with Crippen LogP contribution >= 0.6 is 23.5 Å². The highest BCUT2D eigenvalue weighted by molar-refractivity contribution is 8.06. The van der Waals surface area contributed by atoms with Crippen molar-refractivity contribution < 1.29 is 4.52 Å². The molecule has 1 aromatic heterocycles. The van der Waals surface area contributed by atoms with Crippen LogP contribution in [-0.4, -0.2) is 33.9 Å². The van der Waals surface area contributed by atoms with Gasteiger partial charge in [-0.2, -0.15) is 16.7 Å². The maximum absolute atomic E-state index is 5.80. The molecule has 0 aromatic carbocycles. The summed E-state index contributed by atoms with van der Waals surface area (Å²) in [4.78, 5) is 4.57. The first kappa shape index (κ1) is 14.2. The monoisotopic (exact) mass is 287 g/mol. The third-order valence-electron chi connectivity index (χ3n) is 2.95. The van der Waals surface area contributed by atoms with Crippen molar-refractivity contribution in [2.75, 3.05) is 23.8 Å². The molecule has 2 heterocycles. The standard InChI is InChI=1S/C12H21N3OS2/c1-8(2)5-9(6-13)12-14-11(15-16-12)10-7-17-3-4-18-10/h8-10H,3-7,13H2,1-2H3. The van der Waals surface area contributed by atoms with E-state index in [0.29, 0.717) is 17.7 Å². The Bertz CT molecular complexity index is 364. The van der Waals surface area contributed by atoms with Crippen LogP contribution < -0.4 is 5.73 Å². The molecule has 0 spiro atoms. The molecule has 0 bridgehead atoms. The van der Waals surface area contributed by atoms with Gasteiger partial charge in [-0.05, 0) is 12.3 Å². The highest BCUT2D eigenvalue weighted by Crippen LogP contribution is 2.35. The number of hydrogen-bond acceptors (Lipinski definition) is 6. The molecule has 6 heteroatoms. The van der Waals surface area contributed by atoms with Gasteiger partial charge in [0.2, 0.25) is 5.89 Å². The van der Waals surface area contributed by atoms with E-state index in [1.807, 2.05) is 23.5 Å². The van der Waals surface area contributed by atoms with Gasteiger partial charge < -0.3 is 10.3 Å². The van der Waals surface area contributed by atoms with Crippen LogP contribution in [0.3, 0.4) is 0 Å². The van der Waals surface area contributed by atoms with Gasteiger partial charge in [-0.3, -0.25) is 0 Å². The largest absolute Gasteiger partial charge is 0.339 e. The lowest BCUT2D eigenvalue weighted by Crippen LogP contribution is -2.15. The Morgan fingerprint density at radius 1 is 1.44 bits per heavy atom. The summed E-state index contributed by atoms with van der Waals surface area (Å²) in [6.07, 6.45) is 1.00. The highest BCUT2D eigenvalue weighted by atomic mass is 32.2. The zero-order chi connectivity index (χ0) is 13.0. The molecule has 0 aliphatic carbocycles. The molecule has 2 rings (SSSR count). The van der Waals surface area contributed by atoms with E-state index in [1.54, 1.807) is 0 Å². The Kier molecular flexibility index (Phi) is 5.38. The Balaban J connectivity index is 2.03. The van der Waals surface area contributed by atoms with Crippen molar-refractivity contribution in [2.24, 2.45) is 11.7 Å². The van der Waals surface area contributed by atoms with Crippen LogP contribution in [0.1, 0.15) is 43.2 Å². The molecule has 1 aromatic rings. The summed E-state index contributed by atoms with van der Waals surface area (Å²) >= 11 is 3.89. The quantitative estimate of drug-likeness (QED) is 0.898. The third-order valence-corrected chi connectivity index (χ3v) is 5.70. The second kappa shape index (κ2) is 6.82. The van der Waals surface area contributed by atoms with E-state index in [1.165, 1.54) is 11.5 Å². The van der Waals surface area contributed by atoms with Crippen molar-refractivity contribution in [3.05, 3.63) is 11.7 Å². The van der Waals surface area contributed by atoms with Crippen LogP contribution in [0.15, 0.2) is 4.52 Å². The Morgan fingerprint density at radius 3 is 2.89 bits per heavy atom. The number of aromatic nitrogens is 2. The van der Waals surface area contributed by atoms with Gasteiger partial charge in [-0.1, -0.05) is 19.0 Å². The van der Waals surface area contributed by atoms with E-state index in [-0.39, 0.29) is 5.92 Å². The molecule has 2 atom stereocenters. The molecule has 0 amide bonds. The molecule has 1 aliphatic heterocycles. The van der Waals surface area contributed by atoms with Gasteiger partial charge in [0.1, 0.15) is 0 Å². The maximum atomic E-state index is 5.80. The predicted octanol–water partition coefficient (Wildman–Crippen LogP) is 2.68. The van der Waals surface area contributed by atoms with Crippen LogP contribution in [0.2, 0.25) is 0 Å². The summed E-state index contributed by atoms with van der Waals surface area (Å²) in [6.45, 7) is 4.95. The van der Waals surface area contributed by atoms with Crippen LogP contribution in [-0.2, 0) is 0 Å². The molecule has 0 radical (unpaired) electrons. The molecular formula is C12H21N3OS2. The van der Waals surface area contributed by atoms with Crippen molar-refractivity contribution in [1.29, 1.82) is 0 Å². The molecule has 2 unspecified atom stereocenters. The lowest BCUT2D eigenvalue weighted by atomic mass is 9.97. The number of hydrogen-bond donors (Lipinski definition) is 1. The first-order valence-electron chi connectivity index (χ1n) is 6.43. The fourth-order valence-corrected chi connectivity index (χ4v) is 4.64. The molecule has 0 saturated carbocycles. The molecule has 2 N–H and O–H groups in total. The summed E-state index contributed by atoms with van der Waals surface area (Å²) in [5.74, 6) is 5.85. The van der Waals surface area contributed by atoms with Gasteiger partial charge in [-0.25, -0.2) is 0 Å². The first-order chi connectivity index (χ1) is 8.70. The molecule has 18 heavy (non-hydrogen) atoms. The molecule has 4 nitrogen and oxygen atoms in total. The topological polar surface area (TPSA) is 64.9 Å². The van der Waals surface area contributed by atoms with Crippen molar-refractivity contribution in [3.8, 4) is 0 Å². The Morgan fingerprint density at radius 2 is 2.28 bits per heavy atom. The van der Waals surface area contributed by atoms with Crippen molar-refractivity contribution in [2.45, 2.75) is 31.4 Å². The average molecular weight is 287 g/mol. The summed E-state index contributed by atoms with van der Waals surface area (Å²) in [7, 11) is 0. The second-order valence-electron chi connectivity index (χ2n) is 4.99. The van der Waals surface area contributed by atoms with Gasteiger partial charge in [0.15, 0.2) is 5.82 Å². The summed E-state index contributed by atoms with van der Waals surface area (Å²) in [6, 6.07) is 0. The minimum absolute atomic E-state index is 0.201. The number of thioether (sulfide) groups is 2. The van der Waals surface area contributed by atoms with E-state index in [0.717, 1.165) is 23.9 Å². The summed E-state index contributed by atoms with van der Waals surface area (Å²) in [5, 5.41) is 4.53. The number of nitrogens with two attached hydrogens (primary N) is 1. The minimum Gasteiger partial charge on any atom is -0.339 e. The smallest absolute Gasteiger partial charge is 0.231 e. The predicted molar refractivity (Wildman–Crippen MR) is 78.1 cm³/mol. The average Bonchev–Trinajstić information content (AvgIpc) is 2.86. The van der Waals surface area contributed by atoms with Gasteiger partial charge in [0.25, 0.3) is 0 Å². The van der Waals surface area contributed by atoms with Gasteiger partial charge >= 0.3 is 0 Å². The third kappa shape index (κ3) is 3.65. The molecular weight excluding hydrogens is 266 g/mol. The Hall–Kier alpha value is -0.200. The van der Waals surface area contributed by atoms with Crippen molar-refractivity contribution in [1.82, 2.24) is 10.1 Å². The van der Waals surface area contributed by atoms with Crippen LogP contribution in [0.4, 0.5) is 0 Å². The molecule has 102 valence electrons. The lowest BCUT2D eigenvalue weighted by Gasteiger charge is -2.17. The van der Waals surface area contributed by atoms with E-state index < -0.39 is 0 Å². The fraction of sp³-hybridized carbons (Fsp3) is 0.833. The van der Waals surface area contributed by atoms with Crippen molar-refractivity contribution >= 4 is 23.5 Å². The second-order valence-corrected chi connectivity index (χ2v) is 7.45. The highest BCUT2D eigenvalue weighted by Gasteiger charge is 2.24. The minimum atomic E-state index is 0.201. The van der Waals surface area contributed by atoms with Crippen LogP contribution in [0.5, 0.6) is 0 Å². The van der Waals surface area contributed by atoms with E-state index in [2.05, 4.69) is 24.0 Å². The SMILES string of the molecule is CC(C)CC(CN)c1nc(C2CSCCS2)no1. The maximum Gasteiger partial charge on any atom is 0.231 e. The van der Waals surface area contributed by atoms with E-state index >= 15 is 0 Å². The zero-order valence-corrected chi connectivity index (χ0v) is 12.6. The van der Waals surface area contributed by atoms with Gasteiger partial charge in [0, 0.05) is 23.8 Å². The van der Waals surface area contributed by atoms with Gasteiger partial charge in [0.05, 0.1) is 11.2 Å². The van der Waals surface area contributed by atoms with Gasteiger partial charge in [-0.15, -0.1) is 11.8 Å². The zero-order valence-electron chi connectivity index (χ0n) is 11.0. The molecule has 1 saturated heterocycles. The van der Waals surface area contributed by atoms with Crippen LogP contribution in [0.25, 0.3) is 0 Å². The molecule has 1 aliphatic rings. The first-order valence-corrected chi connectivity index (χ1v) is 8.64. The van der Waals surface area contributed by atoms with Crippen LogP contribution in [0, 0.1) is 5.92 Å². The van der Waals surface area contributed by atoms with E-state index in [9.17, 15) is 0 Å². The van der Waals surface area contributed by atoms with E-state index in [4.69, 9.17) is 10.3 Å². The number of rotatable bonds is 5. The number of nitrogens with zero attached hydrogens (tertiary/aromatic N) is 2. The van der Waals surface area contributed by atoms with Crippen molar-refractivity contribution in [3.63, 3.8) is 0 Å². The fourth-order valence-electron chi connectivity index (χ4n) is 2.05. The Labute approximate surface area is 117 Å². The summed E-state index contributed by atoms with van der Waals surface area (Å²) in [5.41, 5.74) is 5.80. The normalized spacial score (nSPS) is 22.3.